The predicted molar refractivity (Wildman–Crippen MR) is 81.7 cm³/mol. The molecule has 2 bridgehead atoms. The summed E-state index contributed by atoms with van der Waals surface area (Å²) in [5.41, 5.74) is 1.87. The molecule has 0 saturated heterocycles. The summed E-state index contributed by atoms with van der Waals surface area (Å²) < 4.78 is 5.50. The summed E-state index contributed by atoms with van der Waals surface area (Å²) in [6.07, 6.45) is 9.61. The van der Waals surface area contributed by atoms with Gasteiger partial charge < -0.3 is 20.1 Å². The molecule has 0 aromatic heterocycles. The number of rotatable bonds is 10. The van der Waals surface area contributed by atoms with Crippen LogP contribution in [-0.2, 0) is 19.6 Å². The molecule has 0 unspecified atom stereocenters. The second-order valence-electron chi connectivity index (χ2n) is 5.73. The lowest BCUT2D eigenvalue weighted by Gasteiger charge is -2.30. The van der Waals surface area contributed by atoms with E-state index in [1.54, 1.807) is 0 Å². The number of hydrogen-bond donors (Lipinski definition) is 3. The van der Waals surface area contributed by atoms with E-state index in [2.05, 4.69) is 6.92 Å². The van der Waals surface area contributed by atoms with E-state index in [0.717, 1.165) is 18.4 Å². The topological polar surface area (TPSA) is 69.9 Å². The van der Waals surface area contributed by atoms with E-state index >= 15 is 0 Å². The number of aliphatic hydroxyl groups is 2. The number of fused-ring (bicyclic) bond motifs is 2. The maximum absolute atomic E-state index is 9.93. The number of unbranched alkanes of at least 4 members (excludes halogenated alkanes) is 6. The molecule has 0 fully saturated rings. The summed E-state index contributed by atoms with van der Waals surface area (Å²) in [6, 6.07) is 0. The molecule has 4 nitrogen and oxygen atoms in total. The molecule has 4 heteroatoms. The van der Waals surface area contributed by atoms with Gasteiger partial charge in [-0.3, -0.25) is 0 Å². The number of phenols is 1. The van der Waals surface area contributed by atoms with Gasteiger partial charge in [0.1, 0.15) is 17.2 Å². The van der Waals surface area contributed by atoms with Crippen molar-refractivity contribution in [3.8, 4) is 17.2 Å². The summed E-state index contributed by atoms with van der Waals surface area (Å²) >= 11 is 0. The molecule has 1 aromatic carbocycles. The predicted octanol–water partition coefficient (Wildman–Crippen LogP) is 3.78. The van der Waals surface area contributed by atoms with Crippen LogP contribution in [0.5, 0.6) is 17.2 Å². The molecule has 3 N–H and O–H groups in total. The first kappa shape index (κ1) is 16.1. The zero-order valence-corrected chi connectivity index (χ0v) is 12.8. The van der Waals surface area contributed by atoms with Gasteiger partial charge in [0.05, 0.1) is 24.3 Å². The van der Waals surface area contributed by atoms with E-state index in [4.69, 9.17) is 4.74 Å². The van der Waals surface area contributed by atoms with Crippen molar-refractivity contribution < 1.29 is 20.1 Å². The first-order chi connectivity index (χ1) is 10.2. The number of aromatic hydroxyl groups is 1. The highest BCUT2D eigenvalue weighted by atomic mass is 16.5. The summed E-state index contributed by atoms with van der Waals surface area (Å²) in [5.74, 6) is 1.22. The monoisotopic (exact) mass is 294 g/mol. The van der Waals surface area contributed by atoms with Crippen molar-refractivity contribution in [1.82, 2.24) is 0 Å². The lowest BCUT2D eigenvalue weighted by molar-refractivity contribution is 0.242. The van der Waals surface area contributed by atoms with Gasteiger partial charge in [-0.1, -0.05) is 45.4 Å². The largest absolute Gasteiger partial charge is 0.507 e. The average molecular weight is 294 g/mol. The molecule has 21 heavy (non-hydrogen) atoms. The summed E-state index contributed by atoms with van der Waals surface area (Å²) in [4.78, 5) is 0. The molecule has 2 heterocycles. The fourth-order valence-electron chi connectivity index (χ4n) is 2.95. The number of benzene rings is 1. The third-order valence-electron chi connectivity index (χ3n) is 4.22. The van der Waals surface area contributed by atoms with Gasteiger partial charge in [0.25, 0.3) is 0 Å². The number of aryl methyl sites for hydroxylation is 1. The lowest BCUT2D eigenvalue weighted by atomic mass is 9.93. The molecule has 0 spiro atoms. The molecule has 0 radical (unpaired) electrons. The van der Waals surface area contributed by atoms with Crippen molar-refractivity contribution in [2.45, 2.75) is 71.5 Å². The molecule has 0 amide bonds. The standard InChI is InChI=1S/C17H26O4/c1-2-3-4-5-6-7-8-9-12-16-13(10-18)15(20)14(11-19)17(12)21-16/h18-20H,2-11H2,1H3. The summed E-state index contributed by atoms with van der Waals surface area (Å²) in [7, 11) is 0. The minimum Gasteiger partial charge on any atom is -0.507 e. The highest BCUT2D eigenvalue weighted by Crippen LogP contribution is 2.53. The Bertz CT molecular complexity index is 451. The van der Waals surface area contributed by atoms with E-state index in [-0.39, 0.29) is 19.0 Å². The van der Waals surface area contributed by atoms with Gasteiger partial charge in [0.2, 0.25) is 0 Å². The molecular weight excluding hydrogens is 268 g/mol. The Morgan fingerprint density at radius 3 is 1.81 bits per heavy atom. The quantitative estimate of drug-likeness (QED) is 0.583. The maximum atomic E-state index is 9.93. The fourth-order valence-corrected chi connectivity index (χ4v) is 2.95. The van der Waals surface area contributed by atoms with Crippen LogP contribution in [0.2, 0.25) is 0 Å². The molecule has 0 aliphatic carbocycles. The van der Waals surface area contributed by atoms with Crippen LogP contribution in [0.15, 0.2) is 0 Å². The second kappa shape index (κ2) is 7.66. The number of hydrogen-bond acceptors (Lipinski definition) is 4. The third kappa shape index (κ3) is 3.33. The average Bonchev–Trinajstić information content (AvgIpc) is 2.49. The zero-order chi connectivity index (χ0) is 15.2. The van der Waals surface area contributed by atoms with Crippen molar-refractivity contribution in [2.24, 2.45) is 0 Å². The van der Waals surface area contributed by atoms with Crippen LogP contribution in [0, 0.1) is 0 Å². The van der Waals surface area contributed by atoms with Crippen LogP contribution < -0.4 is 4.74 Å². The van der Waals surface area contributed by atoms with Gasteiger partial charge in [-0.25, -0.2) is 0 Å². The van der Waals surface area contributed by atoms with Crippen LogP contribution in [0.3, 0.4) is 0 Å². The zero-order valence-electron chi connectivity index (χ0n) is 12.8. The minimum absolute atomic E-state index is 0.0143. The molecule has 118 valence electrons. The Hall–Kier alpha value is -1.26. The Labute approximate surface area is 126 Å². The maximum Gasteiger partial charge on any atom is 0.143 e. The first-order valence-corrected chi connectivity index (χ1v) is 8.03. The Morgan fingerprint density at radius 1 is 0.762 bits per heavy atom. The van der Waals surface area contributed by atoms with E-state index in [1.165, 1.54) is 38.5 Å². The Morgan fingerprint density at radius 2 is 1.29 bits per heavy atom. The van der Waals surface area contributed by atoms with Gasteiger partial charge in [-0.15, -0.1) is 0 Å². The SMILES string of the molecule is CCCCCCCCCc1c2c(CO)c(O)c(CO)c1O2. The van der Waals surface area contributed by atoms with Crippen molar-refractivity contribution in [3.05, 3.63) is 16.7 Å². The smallest absolute Gasteiger partial charge is 0.143 e. The Balaban J connectivity index is 1.88. The molecule has 2 aliphatic heterocycles. The van der Waals surface area contributed by atoms with Crippen molar-refractivity contribution in [1.29, 1.82) is 0 Å². The van der Waals surface area contributed by atoms with Gasteiger partial charge >= 0.3 is 0 Å². The van der Waals surface area contributed by atoms with Crippen molar-refractivity contribution in [2.75, 3.05) is 0 Å². The molecule has 2 aliphatic rings. The van der Waals surface area contributed by atoms with Gasteiger partial charge in [0, 0.05) is 5.56 Å². The fraction of sp³-hybridized carbons (Fsp3) is 0.647. The van der Waals surface area contributed by atoms with Crippen LogP contribution in [0.1, 0.15) is 68.6 Å². The van der Waals surface area contributed by atoms with Crippen LogP contribution in [0.4, 0.5) is 0 Å². The van der Waals surface area contributed by atoms with Crippen LogP contribution in [-0.4, -0.2) is 15.3 Å². The number of ether oxygens (including phenoxy) is 1. The van der Waals surface area contributed by atoms with Crippen molar-refractivity contribution in [3.63, 3.8) is 0 Å². The highest BCUT2D eigenvalue weighted by Gasteiger charge is 2.32. The normalized spacial score (nSPS) is 12.1. The molecular formula is C17H26O4. The molecule has 3 rings (SSSR count). The molecule has 0 atom stereocenters. The van der Waals surface area contributed by atoms with E-state index in [0.29, 0.717) is 22.6 Å². The van der Waals surface area contributed by atoms with Gasteiger partial charge in [-0.2, -0.15) is 0 Å². The van der Waals surface area contributed by atoms with E-state index in [1.807, 2.05) is 0 Å². The minimum atomic E-state index is -0.265. The lowest BCUT2D eigenvalue weighted by Crippen LogP contribution is -2.13. The number of aliphatic hydroxyl groups excluding tert-OH is 2. The first-order valence-electron chi connectivity index (χ1n) is 8.03. The second-order valence-corrected chi connectivity index (χ2v) is 5.73. The van der Waals surface area contributed by atoms with Gasteiger partial charge in [0.15, 0.2) is 0 Å². The summed E-state index contributed by atoms with van der Waals surface area (Å²) in [5, 5.41) is 28.6. The Kier molecular flexibility index (Phi) is 5.88. The van der Waals surface area contributed by atoms with Gasteiger partial charge in [-0.05, 0) is 12.8 Å². The summed E-state index contributed by atoms with van der Waals surface area (Å²) in [6.45, 7) is 1.69. The van der Waals surface area contributed by atoms with Crippen molar-refractivity contribution >= 4 is 0 Å². The van der Waals surface area contributed by atoms with E-state index in [9.17, 15) is 15.3 Å². The highest BCUT2D eigenvalue weighted by molar-refractivity contribution is 5.69. The van der Waals surface area contributed by atoms with Crippen LogP contribution >= 0.6 is 0 Å². The van der Waals surface area contributed by atoms with Crippen LogP contribution in [0.25, 0.3) is 0 Å². The third-order valence-corrected chi connectivity index (χ3v) is 4.22. The van der Waals surface area contributed by atoms with E-state index < -0.39 is 0 Å². The molecule has 1 aromatic rings. The molecule has 0 saturated carbocycles.